The highest BCUT2D eigenvalue weighted by molar-refractivity contribution is 7.91. The molecule has 0 spiro atoms. The van der Waals surface area contributed by atoms with Crippen molar-refractivity contribution in [1.29, 1.82) is 0 Å². The molecule has 3 N–H and O–H groups in total. The van der Waals surface area contributed by atoms with Crippen molar-refractivity contribution < 1.29 is 8.42 Å². The molecule has 1 aliphatic rings. The molecule has 0 saturated carbocycles. The van der Waals surface area contributed by atoms with Gasteiger partial charge in [-0.3, -0.25) is 0 Å². The number of sulfone groups is 1. The number of hydrogen-bond acceptors (Lipinski definition) is 4. The highest BCUT2D eigenvalue weighted by Crippen LogP contribution is 2.22. The third kappa shape index (κ3) is 3.78. The third-order valence-electron chi connectivity index (χ3n) is 3.79. The van der Waals surface area contributed by atoms with E-state index in [1.165, 1.54) is 5.56 Å². The number of nitrogens with one attached hydrogen (secondary N) is 1. The molecule has 106 valence electrons. The first-order valence-corrected chi connectivity index (χ1v) is 8.49. The molecule has 19 heavy (non-hydrogen) atoms. The monoisotopic (exact) mass is 282 g/mol. The van der Waals surface area contributed by atoms with Crippen LogP contribution < -0.4 is 11.1 Å². The SMILES string of the molecule is CC1(NCCc2ccccc2CN)CCS(=O)(=O)C1. The summed E-state index contributed by atoms with van der Waals surface area (Å²) in [6, 6.07) is 8.12. The molecule has 1 saturated heterocycles. The summed E-state index contributed by atoms with van der Waals surface area (Å²) in [5.74, 6) is 0.550. The second-order valence-electron chi connectivity index (χ2n) is 5.55. The predicted molar refractivity (Wildman–Crippen MR) is 77.7 cm³/mol. The van der Waals surface area contributed by atoms with Crippen LogP contribution in [0.4, 0.5) is 0 Å². The Morgan fingerprint density at radius 1 is 1.32 bits per heavy atom. The molecule has 1 aromatic carbocycles. The molecule has 0 bridgehead atoms. The zero-order valence-corrected chi connectivity index (χ0v) is 12.2. The summed E-state index contributed by atoms with van der Waals surface area (Å²) in [5.41, 5.74) is 7.84. The van der Waals surface area contributed by atoms with Crippen LogP contribution in [0.25, 0.3) is 0 Å². The highest BCUT2D eigenvalue weighted by Gasteiger charge is 2.37. The number of benzene rings is 1. The fourth-order valence-corrected chi connectivity index (χ4v) is 4.77. The van der Waals surface area contributed by atoms with Crippen molar-refractivity contribution in [2.45, 2.75) is 31.8 Å². The Bertz CT molecular complexity index is 542. The number of rotatable bonds is 5. The van der Waals surface area contributed by atoms with Gasteiger partial charge >= 0.3 is 0 Å². The van der Waals surface area contributed by atoms with Gasteiger partial charge in [-0.1, -0.05) is 24.3 Å². The van der Waals surface area contributed by atoms with Crippen molar-refractivity contribution >= 4 is 9.84 Å². The van der Waals surface area contributed by atoms with E-state index in [0.29, 0.717) is 18.7 Å². The van der Waals surface area contributed by atoms with E-state index in [1.54, 1.807) is 0 Å². The van der Waals surface area contributed by atoms with Crippen LogP contribution in [0.3, 0.4) is 0 Å². The van der Waals surface area contributed by atoms with Crippen LogP contribution in [-0.4, -0.2) is 32.0 Å². The van der Waals surface area contributed by atoms with Gasteiger partial charge in [-0.05, 0) is 37.4 Å². The van der Waals surface area contributed by atoms with Gasteiger partial charge in [0.2, 0.25) is 0 Å². The summed E-state index contributed by atoms with van der Waals surface area (Å²) in [6.07, 6.45) is 1.58. The van der Waals surface area contributed by atoms with Gasteiger partial charge in [-0.25, -0.2) is 8.42 Å². The highest BCUT2D eigenvalue weighted by atomic mass is 32.2. The molecular weight excluding hydrogens is 260 g/mol. The third-order valence-corrected chi connectivity index (χ3v) is 5.69. The van der Waals surface area contributed by atoms with Crippen molar-refractivity contribution in [1.82, 2.24) is 5.32 Å². The van der Waals surface area contributed by atoms with Crippen LogP contribution in [0.15, 0.2) is 24.3 Å². The molecule has 0 radical (unpaired) electrons. The van der Waals surface area contributed by atoms with E-state index in [4.69, 9.17) is 5.73 Å². The van der Waals surface area contributed by atoms with Gasteiger partial charge < -0.3 is 11.1 Å². The maximum absolute atomic E-state index is 11.5. The van der Waals surface area contributed by atoms with Gasteiger partial charge in [0.15, 0.2) is 9.84 Å². The van der Waals surface area contributed by atoms with E-state index in [-0.39, 0.29) is 11.3 Å². The molecule has 2 rings (SSSR count). The Morgan fingerprint density at radius 2 is 2.00 bits per heavy atom. The number of hydrogen-bond donors (Lipinski definition) is 2. The Balaban J connectivity index is 1.90. The second kappa shape index (κ2) is 5.61. The first-order chi connectivity index (χ1) is 8.94. The summed E-state index contributed by atoms with van der Waals surface area (Å²) in [4.78, 5) is 0. The smallest absolute Gasteiger partial charge is 0.152 e. The van der Waals surface area contributed by atoms with E-state index in [1.807, 2.05) is 25.1 Å². The molecule has 1 fully saturated rings. The molecule has 4 nitrogen and oxygen atoms in total. The van der Waals surface area contributed by atoms with Crippen molar-refractivity contribution in [3.63, 3.8) is 0 Å². The number of nitrogens with two attached hydrogens (primary N) is 1. The predicted octanol–water partition coefficient (Wildman–Crippen LogP) is 0.855. The van der Waals surface area contributed by atoms with Gasteiger partial charge in [0.1, 0.15) is 0 Å². The molecule has 5 heteroatoms. The summed E-state index contributed by atoms with van der Waals surface area (Å²) < 4.78 is 23.0. The topological polar surface area (TPSA) is 72.2 Å². The van der Waals surface area contributed by atoms with Gasteiger partial charge in [-0.2, -0.15) is 0 Å². The van der Waals surface area contributed by atoms with E-state index in [0.717, 1.165) is 18.5 Å². The van der Waals surface area contributed by atoms with Crippen molar-refractivity contribution in [3.05, 3.63) is 35.4 Å². The lowest BCUT2D eigenvalue weighted by Gasteiger charge is -2.24. The zero-order chi connectivity index (χ0) is 13.9. The van der Waals surface area contributed by atoms with Gasteiger partial charge in [0.25, 0.3) is 0 Å². The van der Waals surface area contributed by atoms with E-state index < -0.39 is 9.84 Å². The van der Waals surface area contributed by atoms with Gasteiger partial charge in [0, 0.05) is 12.1 Å². The lowest BCUT2D eigenvalue weighted by molar-refractivity contribution is 0.400. The molecule has 0 aromatic heterocycles. The van der Waals surface area contributed by atoms with Crippen molar-refractivity contribution in [3.8, 4) is 0 Å². The second-order valence-corrected chi connectivity index (χ2v) is 7.74. The minimum Gasteiger partial charge on any atom is -0.326 e. The summed E-state index contributed by atoms with van der Waals surface area (Å²) in [5, 5.41) is 3.39. The molecule has 1 unspecified atom stereocenters. The largest absolute Gasteiger partial charge is 0.326 e. The fourth-order valence-electron chi connectivity index (χ4n) is 2.65. The van der Waals surface area contributed by atoms with Crippen LogP contribution in [0, 0.1) is 0 Å². The van der Waals surface area contributed by atoms with Crippen LogP contribution in [-0.2, 0) is 22.8 Å². The minimum atomic E-state index is -2.84. The quantitative estimate of drug-likeness (QED) is 0.840. The standard InChI is InChI=1S/C14H22N2O2S/c1-14(7-9-19(17,18)11-14)16-8-6-12-4-2-3-5-13(12)10-15/h2-5,16H,6-11,15H2,1H3. The normalized spacial score (nSPS) is 25.6. The van der Waals surface area contributed by atoms with E-state index in [2.05, 4.69) is 11.4 Å². The van der Waals surface area contributed by atoms with Gasteiger partial charge in [-0.15, -0.1) is 0 Å². The molecule has 1 aromatic rings. The zero-order valence-electron chi connectivity index (χ0n) is 11.4. The Kier molecular flexibility index (Phi) is 4.28. The van der Waals surface area contributed by atoms with Crippen LogP contribution >= 0.6 is 0 Å². The lowest BCUT2D eigenvalue weighted by Crippen LogP contribution is -2.44. The lowest BCUT2D eigenvalue weighted by atomic mass is 10.0. The maximum Gasteiger partial charge on any atom is 0.152 e. The fraction of sp³-hybridized carbons (Fsp3) is 0.571. The Morgan fingerprint density at radius 3 is 2.58 bits per heavy atom. The molecule has 0 amide bonds. The van der Waals surface area contributed by atoms with Crippen LogP contribution in [0.5, 0.6) is 0 Å². The van der Waals surface area contributed by atoms with Crippen LogP contribution in [0.2, 0.25) is 0 Å². The first-order valence-electron chi connectivity index (χ1n) is 6.66. The van der Waals surface area contributed by atoms with Crippen LogP contribution in [0.1, 0.15) is 24.5 Å². The van der Waals surface area contributed by atoms with E-state index in [9.17, 15) is 8.42 Å². The Labute approximate surface area is 115 Å². The molecule has 1 aliphatic heterocycles. The Hall–Kier alpha value is -0.910. The molecule has 1 atom stereocenters. The average Bonchev–Trinajstić information content (AvgIpc) is 2.64. The molecule has 1 heterocycles. The summed E-state index contributed by atoms with van der Waals surface area (Å²) >= 11 is 0. The van der Waals surface area contributed by atoms with Crippen molar-refractivity contribution in [2.75, 3.05) is 18.1 Å². The van der Waals surface area contributed by atoms with Crippen molar-refractivity contribution in [2.24, 2.45) is 5.73 Å². The van der Waals surface area contributed by atoms with E-state index >= 15 is 0 Å². The average molecular weight is 282 g/mol. The first kappa shape index (κ1) is 14.5. The summed E-state index contributed by atoms with van der Waals surface area (Å²) in [6.45, 7) is 3.32. The minimum absolute atomic E-state index is 0.249. The molecule has 0 aliphatic carbocycles. The summed E-state index contributed by atoms with van der Waals surface area (Å²) in [7, 11) is -2.84. The molecular formula is C14H22N2O2S. The maximum atomic E-state index is 11.5. The van der Waals surface area contributed by atoms with Gasteiger partial charge in [0.05, 0.1) is 11.5 Å².